The van der Waals surface area contributed by atoms with E-state index in [4.69, 9.17) is 9.84 Å². The van der Waals surface area contributed by atoms with E-state index in [1.54, 1.807) is 0 Å². The lowest BCUT2D eigenvalue weighted by molar-refractivity contribution is -0.147. The van der Waals surface area contributed by atoms with Crippen molar-refractivity contribution in [2.24, 2.45) is 0 Å². The summed E-state index contributed by atoms with van der Waals surface area (Å²) >= 11 is 0. The highest BCUT2D eigenvalue weighted by Gasteiger charge is 2.34. The average Bonchev–Trinajstić information content (AvgIpc) is 2.30. The fourth-order valence-corrected chi connectivity index (χ4v) is 2.64. The number of nitrogens with zero attached hydrogens (tertiary/aromatic N) is 1. The Bertz CT molecular complexity index is 226. The second-order valence-electron chi connectivity index (χ2n) is 4.46. The molecule has 0 spiro atoms. The Kier molecular flexibility index (Phi) is 3.59. The van der Waals surface area contributed by atoms with Crippen LogP contribution in [-0.4, -0.2) is 47.8 Å². The lowest BCUT2D eigenvalue weighted by Crippen LogP contribution is -2.52. The van der Waals surface area contributed by atoms with E-state index in [0.29, 0.717) is 12.6 Å². The molecule has 15 heavy (non-hydrogen) atoms. The molecule has 86 valence electrons. The molecule has 0 aromatic heterocycles. The third kappa shape index (κ3) is 2.49. The molecule has 1 N–H and O–H groups in total. The molecule has 0 bridgehead atoms. The highest BCUT2D eigenvalue weighted by atomic mass is 16.5. The van der Waals surface area contributed by atoms with Gasteiger partial charge in [-0.15, -0.1) is 0 Å². The van der Waals surface area contributed by atoms with Crippen LogP contribution in [0.1, 0.15) is 32.1 Å². The van der Waals surface area contributed by atoms with Crippen LogP contribution in [0.5, 0.6) is 0 Å². The van der Waals surface area contributed by atoms with Gasteiger partial charge in [0.25, 0.3) is 0 Å². The summed E-state index contributed by atoms with van der Waals surface area (Å²) in [7, 11) is 0. The van der Waals surface area contributed by atoms with Gasteiger partial charge < -0.3 is 9.84 Å². The molecule has 4 nitrogen and oxygen atoms in total. The third-order valence-corrected chi connectivity index (χ3v) is 3.43. The molecule has 0 radical (unpaired) electrons. The normalized spacial score (nSPS) is 33.9. The number of carbonyl (C=O) groups is 1. The maximum atomic E-state index is 11.1. The Morgan fingerprint density at radius 1 is 1.27 bits per heavy atom. The van der Waals surface area contributed by atoms with Gasteiger partial charge in [0.2, 0.25) is 0 Å². The highest BCUT2D eigenvalue weighted by Crippen LogP contribution is 2.23. The first kappa shape index (κ1) is 10.9. The molecule has 2 aliphatic heterocycles. The molecular formula is C11H19NO3. The lowest BCUT2D eigenvalue weighted by Gasteiger charge is -2.40. The number of hydrogen-bond acceptors (Lipinski definition) is 3. The fraction of sp³-hybridized carbons (Fsp3) is 0.909. The van der Waals surface area contributed by atoms with Crippen LogP contribution < -0.4 is 0 Å². The number of carboxylic acids is 1. The molecule has 2 heterocycles. The zero-order chi connectivity index (χ0) is 10.7. The molecule has 0 saturated carbocycles. The van der Waals surface area contributed by atoms with Gasteiger partial charge in [0.1, 0.15) is 6.04 Å². The van der Waals surface area contributed by atoms with E-state index >= 15 is 0 Å². The van der Waals surface area contributed by atoms with Crippen molar-refractivity contribution in [3.8, 4) is 0 Å². The van der Waals surface area contributed by atoms with E-state index < -0.39 is 5.97 Å². The number of aliphatic carboxylic acids is 1. The molecule has 0 amide bonds. The third-order valence-electron chi connectivity index (χ3n) is 3.43. The second kappa shape index (κ2) is 4.94. The van der Waals surface area contributed by atoms with Gasteiger partial charge in [-0.1, -0.05) is 6.42 Å². The van der Waals surface area contributed by atoms with E-state index in [1.165, 1.54) is 0 Å². The maximum Gasteiger partial charge on any atom is 0.320 e. The first-order valence-electron chi connectivity index (χ1n) is 5.85. The maximum absolute atomic E-state index is 11.1. The minimum Gasteiger partial charge on any atom is -0.480 e. The predicted molar refractivity (Wildman–Crippen MR) is 55.8 cm³/mol. The van der Waals surface area contributed by atoms with Crippen LogP contribution >= 0.6 is 0 Å². The van der Waals surface area contributed by atoms with Gasteiger partial charge in [0, 0.05) is 12.6 Å². The van der Waals surface area contributed by atoms with Gasteiger partial charge in [0.15, 0.2) is 0 Å². The summed E-state index contributed by atoms with van der Waals surface area (Å²) in [4.78, 5) is 13.3. The average molecular weight is 213 g/mol. The quantitative estimate of drug-likeness (QED) is 0.746. The van der Waals surface area contributed by atoms with Crippen molar-refractivity contribution in [3.05, 3.63) is 0 Å². The number of piperidine rings is 1. The summed E-state index contributed by atoms with van der Waals surface area (Å²) in [6.45, 7) is 2.47. The molecule has 2 rings (SSSR count). The van der Waals surface area contributed by atoms with Crippen LogP contribution in [0.15, 0.2) is 0 Å². The van der Waals surface area contributed by atoms with E-state index in [0.717, 1.165) is 45.3 Å². The van der Waals surface area contributed by atoms with E-state index in [2.05, 4.69) is 4.90 Å². The molecule has 2 aliphatic rings. The Morgan fingerprint density at radius 2 is 2.13 bits per heavy atom. The van der Waals surface area contributed by atoms with Crippen molar-refractivity contribution in [3.63, 3.8) is 0 Å². The van der Waals surface area contributed by atoms with Crippen molar-refractivity contribution < 1.29 is 14.6 Å². The predicted octanol–water partition coefficient (Wildman–Crippen LogP) is 1.10. The monoisotopic (exact) mass is 213 g/mol. The number of rotatable bonds is 2. The van der Waals surface area contributed by atoms with Crippen molar-refractivity contribution in [1.82, 2.24) is 4.90 Å². The van der Waals surface area contributed by atoms with Crippen molar-refractivity contribution in [2.75, 3.05) is 19.8 Å². The smallest absolute Gasteiger partial charge is 0.320 e. The summed E-state index contributed by atoms with van der Waals surface area (Å²) in [6.07, 6.45) is 5.12. The van der Waals surface area contributed by atoms with Gasteiger partial charge >= 0.3 is 5.97 Å². The number of ether oxygens (including phenoxy) is 1. The molecule has 2 unspecified atom stereocenters. The molecule has 0 aliphatic carbocycles. The Balaban J connectivity index is 1.99. The summed E-state index contributed by atoms with van der Waals surface area (Å²) in [5.74, 6) is -0.666. The standard InChI is InChI=1S/C11H19NO3/c13-11(14)10-5-1-2-6-12(10)9-4-3-7-15-8-9/h9-10H,1-8H2,(H,13,14). The first-order chi connectivity index (χ1) is 7.29. The largest absolute Gasteiger partial charge is 0.480 e. The molecule has 2 fully saturated rings. The van der Waals surface area contributed by atoms with Crippen LogP contribution in [0.25, 0.3) is 0 Å². The molecule has 2 saturated heterocycles. The second-order valence-corrected chi connectivity index (χ2v) is 4.46. The van der Waals surface area contributed by atoms with Gasteiger partial charge in [-0.2, -0.15) is 0 Å². The molecule has 4 heteroatoms. The van der Waals surface area contributed by atoms with E-state index in [-0.39, 0.29) is 6.04 Å². The molecule has 0 aromatic rings. The summed E-state index contributed by atoms with van der Waals surface area (Å²) < 4.78 is 5.43. The number of hydrogen-bond donors (Lipinski definition) is 1. The van der Waals surface area contributed by atoms with Gasteiger partial charge in [-0.3, -0.25) is 9.69 Å². The van der Waals surface area contributed by atoms with Crippen LogP contribution in [0.3, 0.4) is 0 Å². The van der Waals surface area contributed by atoms with Crippen molar-refractivity contribution in [1.29, 1.82) is 0 Å². The van der Waals surface area contributed by atoms with Crippen LogP contribution in [0.2, 0.25) is 0 Å². The molecule has 2 atom stereocenters. The highest BCUT2D eigenvalue weighted by molar-refractivity contribution is 5.73. The molecular weight excluding hydrogens is 194 g/mol. The topological polar surface area (TPSA) is 49.8 Å². The molecule has 0 aromatic carbocycles. The minimum atomic E-state index is -0.666. The Morgan fingerprint density at radius 3 is 2.80 bits per heavy atom. The summed E-state index contributed by atoms with van der Waals surface area (Å²) in [5.41, 5.74) is 0. The fourth-order valence-electron chi connectivity index (χ4n) is 2.64. The van der Waals surface area contributed by atoms with Gasteiger partial charge in [0.05, 0.1) is 6.61 Å². The van der Waals surface area contributed by atoms with E-state index in [9.17, 15) is 4.79 Å². The summed E-state index contributed by atoms with van der Waals surface area (Å²) in [6, 6.07) is 0.0607. The van der Waals surface area contributed by atoms with Crippen LogP contribution in [-0.2, 0) is 9.53 Å². The number of likely N-dealkylation sites (tertiary alicyclic amines) is 1. The van der Waals surface area contributed by atoms with Crippen LogP contribution in [0.4, 0.5) is 0 Å². The lowest BCUT2D eigenvalue weighted by atomic mass is 9.97. The minimum absolute atomic E-state index is 0.273. The first-order valence-corrected chi connectivity index (χ1v) is 5.85. The van der Waals surface area contributed by atoms with Gasteiger partial charge in [-0.25, -0.2) is 0 Å². The van der Waals surface area contributed by atoms with E-state index in [1.807, 2.05) is 0 Å². The Hall–Kier alpha value is -0.610. The van der Waals surface area contributed by atoms with Gasteiger partial charge in [-0.05, 0) is 32.2 Å². The SMILES string of the molecule is O=C(O)C1CCCCN1C1CCCOC1. The zero-order valence-corrected chi connectivity index (χ0v) is 9.02. The number of carboxylic acid groups (broad SMARTS) is 1. The van der Waals surface area contributed by atoms with Crippen molar-refractivity contribution in [2.45, 2.75) is 44.2 Å². The zero-order valence-electron chi connectivity index (χ0n) is 9.02. The van der Waals surface area contributed by atoms with Crippen LogP contribution in [0, 0.1) is 0 Å². The Labute approximate surface area is 90.2 Å². The van der Waals surface area contributed by atoms with Crippen molar-refractivity contribution >= 4 is 5.97 Å². The summed E-state index contributed by atoms with van der Waals surface area (Å²) in [5, 5.41) is 9.16.